The average Bonchev–Trinajstić information content (AvgIpc) is 2.95. The number of carboxylic acids is 1. The molecule has 7 heteroatoms. The maximum absolute atomic E-state index is 13.1. The number of benzene rings is 2. The van der Waals surface area contributed by atoms with Crippen LogP contribution in [-0.4, -0.2) is 39.0 Å². The molecule has 0 unspecified atom stereocenters. The maximum Gasteiger partial charge on any atom is 0.307 e. The topological polar surface area (TPSA) is 90.7 Å². The lowest BCUT2D eigenvalue weighted by atomic mass is 9.93. The van der Waals surface area contributed by atoms with Gasteiger partial charge < -0.3 is 15.1 Å². The standard InChI is InChI=1S/C21H17FN2O4/c1-24-10-16-14(8-17(25)26)15-7-12(6-11-2-4-13(22)5-3-11)9-23-19(15)20(27)18(16)21(24)28/h2-5,7,9,27H,6,8,10H2,1H3,(H,25,26). The first-order valence-corrected chi connectivity index (χ1v) is 8.72. The van der Waals surface area contributed by atoms with Gasteiger partial charge in [-0.15, -0.1) is 0 Å². The molecule has 142 valence electrons. The van der Waals surface area contributed by atoms with Gasteiger partial charge in [-0.3, -0.25) is 14.6 Å². The number of aromatic hydroxyl groups is 1. The Hall–Kier alpha value is -3.48. The van der Waals surface area contributed by atoms with Crippen LogP contribution >= 0.6 is 0 Å². The molecule has 3 aromatic rings. The minimum atomic E-state index is -1.03. The summed E-state index contributed by atoms with van der Waals surface area (Å²) in [7, 11) is 1.60. The van der Waals surface area contributed by atoms with E-state index >= 15 is 0 Å². The van der Waals surface area contributed by atoms with Gasteiger partial charge in [-0.1, -0.05) is 12.1 Å². The number of nitrogens with zero attached hydrogens (tertiary/aromatic N) is 2. The number of carbonyl (C=O) groups excluding carboxylic acids is 1. The Balaban J connectivity index is 1.89. The number of aromatic nitrogens is 1. The van der Waals surface area contributed by atoms with Crippen molar-refractivity contribution >= 4 is 22.8 Å². The molecule has 1 aliphatic rings. The number of aliphatic carboxylic acids is 1. The van der Waals surface area contributed by atoms with Crippen molar-refractivity contribution in [2.75, 3.05) is 7.05 Å². The molecular weight excluding hydrogens is 363 g/mol. The van der Waals surface area contributed by atoms with Crippen molar-refractivity contribution in [1.29, 1.82) is 0 Å². The SMILES string of the molecule is CN1Cc2c(c(O)c3ncc(Cc4ccc(F)cc4)cc3c2CC(=O)O)C1=O. The Bertz CT molecular complexity index is 1130. The smallest absolute Gasteiger partial charge is 0.307 e. The first-order valence-electron chi connectivity index (χ1n) is 8.72. The van der Waals surface area contributed by atoms with Gasteiger partial charge >= 0.3 is 5.97 Å². The van der Waals surface area contributed by atoms with Crippen LogP contribution in [0.2, 0.25) is 0 Å². The highest BCUT2D eigenvalue weighted by molar-refractivity contribution is 6.08. The number of carbonyl (C=O) groups is 2. The number of hydrogen-bond donors (Lipinski definition) is 2. The summed E-state index contributed by atoms with van der Waals surface area (Å²) >= 11 is 0. The first-order chi connectivity index (χ1) is 13.3. The highest BCUT2D eigenvalue weighted by Crippen LogP contribution is 2.39. The molecule has 4 rings (SSSR count). The van der Waals surface area contributed by atoms with Crippen LogP contribution in [0.5, 0.6) is 5.75 Å². The Morgan fingerprint density at radius 2 is 1.96 bits per heavy atom. The van der Waals surface area contributed by atoms with E-state index in [0.717, 1.165) is 11.1 Å². The number of hydrogen-bond acceptors (Lipinski definition) is 4. The fourth-order valence-electron chi connectivity index (χ4n) is 3.69. The summed E-state index contributed by atoms with van der Waals surface area (Å²) in [6.07, 6.45) is 1.78. The molecule has 2 aromatic carbocycles. The third-order valence-electron chi connectivity index (χ3n) is 5.00. The van der Waals surface area contributed by atoms with E-state index < -0.39 is 5.97 Å². The van der Waals surface area contributed by atoms with Gasteiger partial charge in [-0.25, -0.2) is 4.39 Å². The molecule has 28 heavy (non-hydrogen) atoms. The monoisotopic (exact) mass is 380 g/mol. The fourth-order valence-corrected chi connectivity index (χ4v) is 3.69. The number of fused-ring (bicyclic) bond motifs is 2. The van der Waals surface area contributed by atoms with Crippen molar-refractivity contribution in [3.05, 3.63) is 70.2 Å². The molecule has 1 amide bonds. The van der Waals surface area contributed by atoms with E-state index in [-0.39, 0.29) is 41.5 Å². The Kier molecular flexibility index (Phi) is 4.22. The van der Waals surface area contributed by atoms with Crippen LogP contribution in [-0.2, 0) is 24.2 Å². The van der Waals surface area contributed by atoms with Crippen LogP contribution in [0, 0.1) is 5.82 Å². The molecule has 1 aliphatic heterocycles. The van der Waals surface area contributed by atoms with Crippen molar-refractivity contribution in [2.24, 2.45) is 0 Å². The molecule has 2 N–H and O–H groups in total. The van der Waals surface area contributed by atoms with Crippen LogP contribution in [0.4, 0.5) is 4.39 Å². The van der Waals surface area contributed by atoms with Gasteiger partial charge in [0.2, 0.25) is 0 Å². The molecule has 1 aromatic heterocycles. The van der Waals surface area contributed by atoms with E-state index in [1.54, 1.807) is 31.4 Å². The van der Waals surface area contributed by atoms with E-state index in [1.807, 2.05) is 0 Å². The van der Waals surface area contributed by atoms with E-state index in [9.17, 15) is 24.2 Å². The van der Waals surface area contributed by atoms with Crippen LogP contribution in [0.1, 0.15) is 32.6 Å². The molecule has 2 heterocycles. The number of carboxylic acid groups (broad SMARTS) is 1. The van der Waals surface area contributed by atoms with Gasteiger partial charge in [-0.05, 0) is 46.9 Å². The number of pyridine rings is 1. The lowest BCUT2D eigenvalue weighted by Gasteiger charge is -2.13. The summed E-state index contributed by atoms with van der Waals surface area (Å²) in [5.74, 6) is -1.92. The molecular formula is C21H17FN2O4. The summed E-state index contributed by atoms with van der Waals surface area (Å²) in [5.41, 5.74) is 3.03. The molecule has 0 saturated carbocycles. The van der Waals surface area contributed by atoms with Crippen LogP contribution < -0.4 is 0 Å². The summed E-state index contributed by atoms with van der Waals surface area (Å²) in [6, 6.07) is 7.88. The molecule has 0 spiro atoms. The van der Waals surface area contributed by atoms with Crippen molar-refractivity contribution in [2.45, 2.75) is 19.4 Å². The zero-order valence-electron chi connectivity index (χ0n) is 15.1. The lowest BCUT2D eigenvalue weighted by Crippen LogP contribution is -2.17. The van der Waals surface area contributed by atoms with Crippen molar-refractivity contribution in [1.82, 2.24) is 9.88 Å². The second kappa shape index (κ2) is 6.60. The van der Waals surface area contributed by atoms with Crippen LogP contribution in [0.15, 0.2) is 36.5 Å². The summed E-state index contributed by atoms with van der Waals surface area (Å²) < 4.78 is 13.1. The lowest BCUT2D eigenvalue weighted by molar-refractivity contribution is -0.136. The molecule has 0 bridgehead atoms. The summed E-state index contributed by atoms with van der Waals surface area (Å²) in [6.45, 7) is 0.239. The predicted molar refractivity (Wildman–Crippen MR) is 99.8 cm³/mol. The first kappa shape index (κ1) is 17.9. The van der Waals surface area contributed by atoms with Crippen molar-refractivity contribution in [3.8, 4) is 5.75 Å². The second-order valence-corrected chi connectivity index (χ2v) is 6.96. The summed E-state index contributed by atoms with van der Waals surface area (Å²) in [5, 5.41) is 20.5. The number of amides is 1. The van der Waals surface area contributed by atoms with E-state index in [2.05, 4.69) is 4.98 Å². The van der Waals surface area contributed by atoms with E-state index in [1.165, 1.54) is 17.0 Å². The highest BCUT2D eigenvalue weighted by atomic mass is 19.1. The third kappa shape index (κ3) is 2.94. The Morgan fingerprint density at radius 1 is 1.25 bits per heavy atom. The zero-order chi connectivity index (χ0) is 20.0. The second-order valence-electron chi connectivity index (χ2n) is 6.96. The summed E-state index contributed by atoms with van der Waals surface area (Å²) in [4.78, 5) is 29.6. The van der Waals surface area contributed by atoms with Crippen molar-refractivity contribution in [3.63, 3.8) is 0 Å². The fraction of sp³-hybridized carbons (Fsp3) is 0.190. The van der Waals surface area contributed by atoms with Crippen LogP contribution in [0.25, 0.3) is 10.9 Å². The number of phenolic OH excluding ortho intramolecular Hbond substituents is 1. The highest BCUT2D eigenvalue weighted by Gasteiger charge is 2.33. The Morgan fingerprint density at radius 3 is 2.64 bits per heavy atom. The van der Waals surface area contributed by atoms with Gasteiger partial charge in [0.1, 0.15) is 11.3 Å². The van der Waals surface area contributed by atoms with Gasteiger partial charge in [-0.2, -0.15) is 0 Å². The van der Waals surface area contributed by atoms with Gasteiger partial charge in [0.15, 0.2) is 5.75 Å². The maximum atomic E-state index is 13.1. The van der Waals surface area contributed by atoms with Gasteiger partial charge in [0, 0.05) is 25.2 Å². The quantitative estimate of drug-likeness (QED) is 0.726. The molecule has 0 radical (unpaired) electrons. The molecule has 0 saturated heterocycles. The molecule has 0 aliphatic carbocycles. The molecule has 0 fully saturated rings. The molecule has 6 nitrogen and oxygen atoms in total. The third-order valence-corrected chi connectivity index (χ3v) is 5.00. The van der Waals surface area contributed by atoms with Gasteiger partial charge in [0.25, 0.3) is 5.91 Å². The number of halogens is 1. The van der Waals surface area contributed by atoms with E-state index in [4.69, 9.17) is 0 Å². The average molecular weight is 380 g/mol. The molecule has 0 atom stereocenters. The predicted octanol–water partition coefficient (Wildman–Crippen LogP) is 2.88. The normalized spacial score (nSPS) is 13.2. The minimum absolute atomic E-state index is 0.130. The van der Waals surface area contributed by atoms with Crippen LogP contribution in [0.3, 0.4) is 0 Å². The number of phenols is 1. The zero-order valence-corrected chi connectivity index (χ0v) is 15.1. The van der Waals surface area contributed by atoms with Crippen molar-refractivity contribution < 1.29 is 24.2 Å². The minimum Gasteiger partial charge on any atom is -0.505 e. The largest absolute Gasteiger partial charge is 0.505 e. The number of rotatable bonds is 4. The van der Waals surface area contributed by atoms with E-state index in [0.29, 0.717) is 22.9 Å². The Labute approximate surface area is 159 Å². The van der Waals surface area contributed by atoms with Gasteiger partial charge in [0.05, 0.1) is 12.0 Å².